The summed E-state index contributed by atoms with van der Waals surface area (Å²) >= 11 is 0. The topological polar surface area (TPSA) is 83.8 Å². The number of hydrogen-bond donors (Lipinski definition) is 3. The summed E-state index contributed by atoms with van der Waals surface area (Å²) < 4.78 is 0. The van der Waals surface area contributed by atoms with E-state index in [9.17, 15) is 4.79 Å². The zero-order valence-corrected chi connectivity index (χ0v) is 7.92. The Balaban J connectivity index is 1.84. The molecule has 0 bridgehead atoms. The van der Waals surface area contributed by atoms with E-state index < -0.39 is 0 Å². The molecule has 4 N–H and O–H groups in total. The van der Waals surface area contributed by atoms with Crippen molar-refractivity contribution < 1.29 is 4.79 Å². The maximum Gasteiger partial charge on any atom is 0.227 e. The predicted molar refractivity (Wildman–Crippen MR) is 51.2 cm³/mol. The van der Waals surface area contributed by atoms with Crippen LogP contribution in [0.1, 0.15) is 18.5 Å². The van der Waals surface area contributed by atoms with Crippen LogP contribution in [0.25, 0.3) is 0 Å². The first-order valence-corrected chi connectivity index (χ1v) is 4.72. The van der Waals surface area contributed by atoms with Gasteiger partial charge in [-0.1, -0.05) is 0 Å². The van der Waals surface area contributed by atoms with Crippen LogP contribution in [-0.2, 0) is 11.3 Å². The molecule has 1 fully saturated rings. The monoisotopic (exact) mass is 194 g/mol. The largest absolute Gasteiger partial charge is 0.350 e. The second-order valence-electron chi connectivity index (χ2n) is 3.74. The highest BCUT2D eigenvalue weighted by Gasteiger charge is 2.48. The van der Waals surface area contributed by atoms with Crippen molar-refractivity contribution in [3.05, 3.63) is 18.2 Å². The first-order valence-electron chi connectivity index (χ1n) is 4.72. The molecule has 0 aromatic carbocycles. The van der Waals surface area contributed by atoms with E-state index in [1.165, 1.54) is 0 Å². The first kappa shape index (κ1) is 9.21. The molecule has 0 aliphatic heterocycles. The zero-order valence-electron chi connectivity index (χ0n) is 7.92. The lowest BCUT2D eigenvalue weighted by atomic mass is 10.1. The van der Waals surface area contributed by atoms with E-state index in [1.807, 2.05) is 0 Å². The molecule has 0 saturated heterocycles. The summed E-state index contributed by atoms with van der Waals surface area (Å²) in [7, 11) is 0. The summed E-state index contributed by atoms with van der Waals surface area (Å²) in [6.45, 7) is 0.947. The quantitative estimate of drug-likeness (QED) is 0.618. The van der Waals surface area contributed by atoms with Gasteiger partial charge in [-0.3, -0.25) is 4.79 Å². The molecule has 76 valence electrons. The molecule has 5 nitrogen and oxygen atoms in total. The Hall–Kier alpha value is -1.36. The van der Waals surface area contributed by atoms with Crippen LogP contribution in [0.15, 0.2) is 12.5 Å². The summed E-state index contributed by atoms with van der Waals surface area (Å²) in [6.07, 6.45) is 5.12. The lowest BCUT2D eigenvalue weighted by Gasteiger charge is -2.11. The molecule has 1 saturated carbocycles. The van der Waals surface area contributed by atoms with Crippen LogP contribution in [0, 0.1) is 5.41 Å². The number of H-pyrrole nitrogens is 1. The van der Waals surface area contributed by atoms with Crippen LogP contribution in [0.5, 0.6) is 0 Å². The lowest BCUT2D eigenvalue weighted by Crippen LogP contribution is -2.36. The number of nitrogens with two attached hydrogens (primary N) is 1. The van der Waals surface area contributed by atoms with Gasteiger partial charge < -0.3 is 16.0 Å². The summed E-state index contributed by atoms with van der Waals surface area (Å²) in [5, 5.41) is 2.85. The number of hydrogen-bond acceptors (Lipinski definition) is 3. The van der Waals surface area contributed by atoms with Crippen molar-refractivity contribution in [2.45, 2.75) is 19.4 Å². The second kappa shape index (κ2) is 3.42. The molecule has 0 unspecified atom stereocenters. The number of nitrogens with zero attached hydrogens (tertiary/aromatic N) is 1. The summed E-state index contributed by atoms with van der Waals surface area (Å²) in [6, 6.07) is 0. The number of carbonyl (C=O) groups excluding carboxylic acids is 1. The van der Waals surface area contributed by atoms with Crippen LogP contribution in [0.4, 0.5) is 0 Å². The van der Waals surface area contributed by atoms with Crippen molar-refractivity contribution in [1.82, 2.24) is 15.3 Å². The van der Waals surface area contributed by atoms with E-state index in [-0.39, 0.29) is 11.3 Å². The van der Waals surface area contributed by atoms with Crippen LogP contribution >= 0.6 is 0 Å². The van der Waals surface area contributed by atoms with Crippen molar-refractivity contribution in [2.75, 3.05) is 6.54 Å². The van der Waals surface area contributed by atoms with Crippen molar-refractivity contribution in [1.29, 1.82) is 0 Å². The minimum absolute atomic E-state index is 0.0644. The third-order valence-corrected chi connectivity index (χ3v) is 2.72. The van der Waals surface area contributed by atoms with Gasteiger partial charge in [0, 0.05) is 12.7 Å². The minimum Gasteiger partial charge on any atom is -0.350 e. The Kier molecular flexibility index (Phi) is 2.25. The molecule has 0 atom stereocenters. The number of nitrogens with one attached hydrogen (secondary N) is 2. The van der Waals surface area contributed by atoms with E-state index >= 15 is 0 Å². The molecule has 14 heavy (non-hydrogen) atoms. The van der Waals surface area contributed by atoms with Crippen LogP contribution in [0.2, 0.25) is 0 Å². The van der Waals surface area contributed by atoms with Gasteiger partial charge in [-0.15, -0.1) is 0 Å². The number of carbonyl (C=O) groups is 1. The van der Waals surface area contributed by atoms with Crippen molar-refractivity contribution in [3.63, 3.8) is 0 Å². The molecular weight excluding hydrogens is 180 g/mol. The molecule has 1 aliphatic carbocycles. The van der Waals surface area contributed by atoms with Crippen molar-refractivity contribution in [3.8, 4) is 0 Å². The fraction of sp³-hybridized carbons (Fsp3) is 0.556. The molecule has 1 amide bonds. The lowest BCUT2D eigenvalue weighted by molar-refractivity contribution is -0.126. The number of aromatic nitrogens is 2. The van der Waals surface area contributed by atoms with Gasteiger partial charge in [-0.25, -0.2) is 4.98 Å². The normalized spacial score (nSPS) is 17.8. The van der Waals surface area contributed by atoms with E-state index in [1.54, 1.807) is 12.5 Å². The molecule has 0 radical (unpaired) electrons. The Bertz CT molecular complexity index is 316. The van der Waals surface area contributed by atoms with Crippen LogP contribution in [0.3, 0.4) is 0 Å². The fourth-order valence-electron chi connectivity index (χ4n) is 1.42. The SMILES string of the molecule is NCC1(C(=O)NCc2cnc[nH]2)CC1. The van der Waals surface area contributed by atoms with Gasteiger partial charge in [0.25, 0.3) is 0 Å². The van der Waals surface area contributed by atoms with E-state index in [2.05, 4.69) is 15.3 Å². The van der Waals surface area contributed by atoms with Gasteiger partial charge in [0.2, 0.25) is 5.91 Å². The maximum absolute atomic E-state index is 11.6. The third-order valence-electron chi connectivity index (χ3n) is 2.72. The summed E-state index contributed by atoms with van der Waals surface area (Å²) in [5.74, 6) is 0.0644. The average Bonchev–Trinajstić information content (AvgIpc) is 2.84. The molecule has 0 spiro atoms. The third kappa shape index (κ3) is 1.63. The van der Waals surface area contributed by atoms with Gasteiger partial charge in [0.15, 0.2) is 0 Å². The second-order valence-corrected chi connectivity index (χ2v) is 3.74. The minimum atomic E-state index is -0.264. The number of aromatic amines is 1. The standard InChI is InChI=1S/C9H14N4O/c10-5-9(1-2-9)8(14)12-4-7-3-11-6-13-7/h3,6H,1-2,4-5,10H2,(H,11,13)(H,12,14). The highest BCUT2D eigenvalue weighted by molar-refractivity contribution is 5.85. The smallest absolute Gasteiger partial charge is 0.227 e. The number of amides is 1. The number of rotatable bonds is 4. The molecule has 5 heteroatoms. The van der Waals surface area contributed by atoms with Crippen LogP contribution in [-0.4, -0.2) is 22.4 Å². The zero-order chi connectivity index (χ0) is 10.0. The molecule has 1 aliphatic rings. The highest BCUT2D eigenvalue weighted by atomic mass is 16.2. The molecule has 1 heterocycles. The van der Waals surface area contributed by atoms with Crippen molar-refractivity contribution >= 4 is 5.91 Å². The van der Waals surface area contributed by atoms with E-state index in [4.69, 9.17) is 5.73 Å². The van der Waals surface area contributed by atoms with E-state index in [0.29, 0.717) is 13.1 Å². The Labute approximate surface area is 82.1 Å². The van der Waals surface area contributed by atoms with Gasteiger partial charge >= 0.3 is 0 Å². The Morgan fingerprint density at radius 1 is 1.71 bits per heavy atom. The molecule has 2 rings (SSSR count). The number of imidazole rings is 1. The summed E-state index contributed by atoms with van der Waals surface area (Å²) in [4.78, 5) is 18.4. The first-order chi connectivity index (χ1) is 6.77. The average molecular weight is 194 g/mol. The van der Waals surface area contributed by atoms with Gasteiger partial charge in [0.05, 0.1) is 24.0 Å². The molecule has 1 aromatic rings. The highest BCUT2D eigenvalue weighted by Crippen LogP contribution is 2.44. The molecule has 1 aromatic heterocycles. The summed E-state index contributed by atoms with van der Waals surface area (Å²) in [5.41, 5.74) is 6.18. The van der Waals surface area contributed by atoms with Gasteiger partial charge in [0.1, 0.15) is 0 Å². The van der Waals surface area contributed by atoms with Crippen LogP contribution < -0.4 is 11.1 Å². The predicted octanol–water partition coefficient (Wildman–Crippen LogP) is -0.235. The van der Waals surface area contributed by atoms with Gasteiger partial charge in [-0.05, 0) is 12.8 Å². The van der Waals surface area contributed by atoms with Gasteiger partial charge in [-0.2, -0.15) is 0 Å². The van der Waals surface area contributed by atoms with Crippen molar-refractivity contribution in [2.24, 2.45) is 11.1 Å². The Morgan fingerprint density at radius 2 is 2.50 bits per heavy atom. The molecular formula is C9H14N4O. The van der Waals surface area contributed by atoms with E-state index in [0.717, 1.165) is 18.5 Å². The maximum atomic E-state index is 11.6. The Morgan fingerprint density at radius 3 is 3.00 bits per heavy atom. The fourth-order valence-corrected chi connectivity index (χ4v) is 1.42.